The van der Waals surface area contributed by atoms with E-state index in [4.69, 9.17) is 9.15 Å². The summed E-state index contributed by atoms with van der Waals surface area (Å²) in [5, 5.41) is 6.31. The van der Waals surface area contributed by atoms with Crippen molar-refractivity contribution in [2.75, 3.05) is 19.6 Å². The number of piperidine rings is 1. The van der Waals surface area contributed by atoms with Crippen molar-refractivity contribution in [3.63, 3.8) is 0 Å². The van der Waals surface area contributed by atoms with Gasteiger partial charge in [-0.25, -0.2) is 0 Å². The van der Waals surface area contributed by atoms with Gasteiger partial charge in [-0.1, -0.05) is 17.7 Å². The van der Waals surface area contributed by atoms with Gasteiger partial charge < -0.3 is 19.8 Å². The molecule has 1 aliphatic heterocycles. The number of hydrogen-bond acceptors (Lipinski definition) is 4. The van der Waals surface area contributed by atoms with Gasteiger partial charge >= 0.3 is 0 Å². The molecule has 1 atom stereocenters. The first-order chi connectivity index (χ1) is 12.1. The van der Waals surface area contributed by atoms with E-state index < -0.39 is 0 Å². The van der Waals surface area contributed by atoms with Crippen LogP contribution >= 0.6 is 12.4 Å². The number of nitrogens with one attached hydrogen (secondary N) is 2. The van der Waals surface area contributed by atoms with Gasteiger partial charge in [0.05, 0.1) is 0 Å². The minimum atomic E-state index is -0.164. The van der Waals surface area contributed by atoms with Crippen LogP contribution in [0.1, 0.15) is 40.3 Å². The molecule has 2 heterocycles. The van der Waals surface area contributed by atoms with Gasteiger partial charge in [-0.3, -0.25) is 4.79 Å². The molecule has 5 nitrogen and oxygen atoms in total. The van der Waals surface area contributed by atoms with E-state index in [1.54, 1.807) is 12.1 Å². The Balaban J connectivity index is 0.00000243. The molecule has 2 aromatic rings. The Morgan fingerprint density at radius 1 is 1.31 bits per heavy atom. The zero-order valence-corrected chi connectivity index (χ0v) is 16.2. The number of hydrogen-bond donors (Lipinski definition) is 2. The Hall–Kier alpha value is -1.98. The van der Waals surface area contributed by atoms with Crippen molar-refractivity contribution in [2.24, 2.45) is 5.92 Å². The minimum absolute atomic E-state index is 0. The van der Waals surface area contributed by atoms with Crippen LogP contribution in [0.25, 0.3) is 0 Å². The fraction of sp³-hybridized carbons (Fsp3) is 0.450. The number of ether oxygens (including phenoxy) is 1. The maximum atomic E-state index is 12.2. The molecule has 0 saturated carbocycles. The SMILES string of the molecule is Cc1ccc(OCc2ccc(C(=O)NCC3CCCNC3)o2)c(C)c1.Cl. The summed E-state index contributed by atoms with van der Waals surface area (Å²) in [5.74, 6) is 2.15. The Morgan fingerprint density at radius 2 is 2.15 bits per heavy atom. The average molecular weight is 379 g/mol. The van der Waals surface area contributed by atoms with Gasteiger partial charge in [0.1, 0.15) is 18.1 Å². The van der Waals surface area contributed by atoms with Gasteiger partial charge in [-0.15, -0.1) is 12.4 Å². The Labute approximate surface area is 160 Å². The normalized spacial score (nSPS) is 16.6. The summed E-state index contributed by atoms with van der Waals surface area (Å²) < 4.78 is 11.4. The zero-order valence-electron chi connectivity index (χ0n) is 15.3. The molecule has 0 spiro atoms. The van der Waals surface area contributed by atoms with Crippen molar-refractivity contribution >= 4 is 18.3 Å². The molecule has 1 fully saturated rings. The third-order valence-electron chi connectivity index (χ3n) is 4.54. The molecule has 1 unspecified atom stereocenters. The van der Waals surface area contributed by atoms with Crippen LogP contribution in [0.4, 0.5) is 0 Å². The highest BCUT2D eigenvalue weighted by Crippen LogP contribution is 2.20. The summed E-state index contributed by atoms with van der Waals surface area (Å²) in [6.07, 6.45) is 2.32. The van der Waals surface area contributed by atoms with Crippen LogP contribution in [0.3, 0.4) is 0 Å². The Kier molecular flexibility index (Phi) is 7.54. The predicted molar refractivity (Wildman–Crippen MR) is 104 cm³/mol. The van der Waals surface area contributed by atoms with Crippen LogP contribution < -0.4 is 15.4 Å². The number of amides is 1. The molecule has 0 aliphatic carbocycles. The van der Waals surface area contributed by atoms with E-state index >= 15 is 0 Å². The van der Waals surface area contributed by atoms with Crippen molar-refractivity contribution in [1.29, 1.82) is 0 Å². The number of carbonyl (C=O) groups excluding carboxylic acids is 1. The summed E-state index contributed by atoms with van der Waals surface area (Å²) in [5.41, 5.74) is 2.29. The van der Waals surface area contributed by atoms with Crippen molar-refractivity contribution in [2.45, 2.75) is 33.3 Å². The predicted octanol–water partition coefficient (Wildman–Crippen LogP) is 3.63. The molecule has 1 aromatic heterocycles. The second kappa shape index (κ2) is 9.64. The van der Waals surface area contributed by atoms with E-state index in [9.17, 15) is 4.79 Å². The fourth-order valence-electron chi connectivity index (χ4n) is 3.11. The molecule has 1 aliphatic rings. The van der Waals surface area contributed by atoms with E-state index in [1.807, 2.05) is 19.1 Å². The molecule has 142 valence electrons. The van der Waals surface area contributed by atoms with Crippen molar-refractivity contribution < 1.29 is 13.9 Å². The van der Waals surface area contributed by atoms with Gasteiger partial charge in [0, 0.05) is 6.54 Å². The lowest BCUT2D eigenvalue weighted by atomic mass is 10.00. The summed E-state index contributed by atoms with van der Waals surface area (Å²) in [6, 6.07) is 9.55. The first kappa shape index (κ1) is 20.3. The van der Waals surface area contributed by atoms with Gasteiger partial charge in [0.2, 0.25) is 0 Å². The smallest absolute Gasteiger partial charge is 0.287 e. The lowest BCUT2D eigenvalue weighted by molar-refractivity contribution is 0.0913. The lowest BCUT2D eigenvalue weighted by Crippen LogP contribution is -2.38. The molecule has 26 heavy (non-hydrogen) atoms. The van der Waals surface area contributed by atoms with Crippen molar-refractivity contribution in [3.05, 3.63) is 53.0 Å². The number of halogens is 1. The third-order valence-corrected chi connectivity index (χ3v) is 4.54. The molecule has 2 N–H and O–H groups in total. The van der Waals surface area contributed by atoms with Crippen LogP contribution in [0, 0.1) is 19.8 Å². The van der Waals surface area contributed by atoms with E-state index in [2.05, 4.69) is 23.6 Å². The van der Waals surface area contributed by atoms with E-state index in [0.29, 0.717) is 30.6 Å². The van der Waals surface area contributed by atoms with Crippen LogP contribution in [0.15, 0.2) is 34.7 Å². The highest BCUT2D eigenvalue weighted by molar-refractivity contribution is 5.91. The fourth-order valence-corrected chi connectivity index (χ4v) is 3.11. The molecular formula is C20H27ClN2O3. The number of rotatable bonds is 6. The van der Waals surface area contributed by atoms with Gasteiger partial charge in [-0.05, 0) is 69.5 Å². The molecule has 0 radical (unpaired) electrons. The average Bonchev–Trinajstić information content (AvgIpc) is 3.09. The van der Waals surface area contributed by atoms with Crippen molar-refractivity contribution in [3.8, 4) is 5.75 Å². The standard InChI is InChI=1S/C20H26N2O3.ClH/c1-14-5-7-18(15(2)10-14)24-13-17-6-8-19(25-17)20(23)22-12-16-4-3-9-21-11-16;/h5-8,10,16,21H,3-4,9,11-13H2,1-2H3,(H,22,23);1H. The summed E-state index contributed by atoms with van der Waals surface area (Å²) in [6.45, 7) is 7.10. The van der Waals surface area contributed by atoms with Gasteiger partial charge in [-0.2, -0.15) is 0 Å². The summed E-state index contributed by atoms with van der Waals surface area (Å²) >= 11 is 0. The minimum Gasteiger partial charge on any atom is -0.485 e. The molecule has 1 saturated heterocycles. The molecular weight excluding hydrogens is 352 g/mol. The first-order valence-electron chi connectivity index (χ1n) is 8.89. The second-order valence-corrected chi connectivity index (χ2v) is 6.75. The topological polar surface area (TPSA) is 63.5 Å². The van der Waals surface area contributed by atoms with E-state index in [-0.39, 0.29) is 18.3 Å². The largest absolute Gasteiger partial charge is 0.485 e. The number of benzene rings is 1. The number of aryl methyl sites for hydroxylation is 2. The Morgan fingerprint density at radius 3 is 2.88 bits per heavy atom. The lowest BCUT2D eigenvalue weighted by Gasteiger charge is -2.22. The maximum Gasteiger partial charge on any atom is 0.287 e. The third kappa shape index (κ3) is 5.51. The summed E-state index contributed by atoms with van der Waals surface area (Å²) in [4.78, 5) is 12.2. The maximum absolute atomic E-state index is 12.2. The summed E-state index contributed by atoms with van der Waals surface area (Å²) in [7, 11) is 0. The monoisotopic (exact) mass is 378 g/mol. The zero-order chi connectivity index (χ0) is 17.6. The highest BCUT2D eigenvalue weighted by atomic mass is 35.5. The van der Waals surface area contributed by atoms with Gasteiger partial charge in [0.15, 0.2) is 5.76 Å². The van der Waals surface area contributed by atoms with Crippen molar-refractivity contribution in [1.82, 2.24) is 10.6 Å². The van der Waals surface area contributed by atoms with Crippen LogP contribution in [0.2, 0.25) is 0 Å². The van der Waals surface area contributed by atoms with E-state index in [1.165, 1.54) is 12.0 Å². The second-order valence-electron chi connectivity index (χ2n) is 6.75. The van der Waals surface area contributed by atoms with Crippen LogP contribution in [-0.4, -0.2) is 25.5 Å². The molecule has 1 amide bonds. The highest BCUT2D eigenvalue weighted by Gasteiger charge is 2.16. The van der Waals surface area contributed by atoms with Gasteiger partial charge in [0.25, 0.3) is 5.91 Å². The van der Waals surface area contributed by atoms with Crippen LogP contribution in [-0.2, 0) is 6.61 Å². The first-order valence-corrected chi connectivity index (χ1v) is 8.89. The quantitative estimate of drug-likeness (QED) is 0.805. The molecule has 1 aromatic carbocycles. The molecule has 3 rings (SSSR count). The molecule has 6 heteroatoms. The molecule has 0 bridgehead atoms. The van der Waals surface area contributed by atoms with Crippen LogP contribution in [0.5, 0.6) is 5.75 Å². The Bertz CT molecular complexity index is 724. The van der Waals surface area contributed by atoms with E-state index in [0.717, 1.165) is 30.8 Å². The number of furan rings is 1. The number of carbonyl (C=O) groups is 1.